The van der Waals surface area contributed by atoms with Crippen LogP contribution in [0.4, 0.5) is 5.69 Å². The van der Waals surface area contributed by atoms with Crippen molar-refractivity contribution in [2.45, 2.75) is 17.6 Å². The molecule has 10 heteroatoms. The SMILES string of the molecule is COc1ccc(S(=O)(=O)N(CC(=O)NCCSCc2ccc(Cl)cc2)c2ccc(C)cc2)cc1OC. The third-order valence-electron chi connectivity index (χ3n) is 5.30. The van der Waals surface area contributed by atoms with Gasteiger partial charge in [-0.15, -0.1) is 0 Å². The minimum Gasteiger partial charge on any atom is -0.493 e. The number of benzene rings is 3. The second-order valence-corrected chi connectivity index (χ2v) is 11.3. The summed E-state index contributed by atoms with van der Waals surface area (Å²) in [5, 5.41) is 3.51. The van der Waals surface area contributed by atoms with Gasteiger partial charge < -0.3 is 14.8 Å². The normalized spacial score (nSPS) is 11.1. The fourth-order valence-electron chi connectivity index (χ4n) is 3.35. The topological polar surface area (TPSA) is 84.9 Å². The lowest BCUT2D eigenvalue weighted by Gasteiger charge is -2.24. The molecule has 0 radical (unpaired) electrons. The Bertz CT molecular complexity index is 1270. The van der Waals surface area contributed by atoms with Gasteiger partial charge in [-0.25, -0.2) is 8.42 Å². The van der Waals surface area contributed by atoms with Gasteiger partial charge in [-0.05, 0) is 48.9 Å². The van der Waals surface area contributed by atoms with E-state index in [0.717, 1.165) is 21.2 Å². The van der Waals surface area contributed by atoms with E-state index in [1.165, 1.54) is 32.4 Å². The van der Waals surface area contributed by atoms with E-state index in [1.54, 1.807) is 36.0 Å². The summed E-state index contributed by atoms with van der Waals surface area (Å²) in [5.74, 6) is 1.76. The number of ether oxygens (including phenoxy) is 2. The summed E-state index contributed by atoms with van der Waals surface area (Å²) in [6.45, 7) is 1.96. The third-order valence-corrected chi connectivity index (χ3v) is 8.35. The van der Waals surface area contributed by atoms with Crippen molar-refractivity contribution >= 4 is 45.0 Å². The number of anilines is 1. The number of rotatable bonds is 12. The second-order valence-electron chi connectivity index (χ2n) is 7.89. The zero-order valence-corrected chi connectivity index (χ0v) is 22.8. The Balaban J connectivity index is 1.70. The van der Waals surface area contributed by atoms with Crippen LogP contribution in [0.3, 0.4) is 0 Å². The first kappa shape index (κ1) is 27.7. The number of aryl methyl sites for hydroxylation is 1. The van der Waals surface area contributed by atoms with Crippen LogP contribution in [0, 0.1) is 6.92 Å². The lowest BCUT2D eigenvalue weighted by atomic mass is 10.2. The van der Waals surface area contributed by atoms with E-state index in [-0.39, 0.29) is 17.2 Å². The molecule has 0 unspecified atom stereocenters. The maximum atomic E-state index is 13.6. The molecule has 0 aliphatic rings. The van der Waals surface area contributed by atoms with E-state index in [1.807, 2.05) is 31.2 Å². The second kappa shape index (κ2) is 12.9. The van der Waals surface area contributed by atoms with Crippen LogP contribution in [-0.4, -0.2) is 47.4 Å². The molecule has 192 valence electrons. The number of sulfonamides is 1. The highest BCUT2D eigenvalue weighted by Gasteiger charge is 2.28. The molecule has 1 N–H and O–H groups in total. The molecule has 0 saturated heterocycles. The van der Waals surface area contributed by atoms with Gasteiger partial charge in [-0.2, -0.15) is 11.8 Å². The Morgan fingerprint density at radius 3 is 2.28 bits per heavy atom. The number of thioether (sulfide) groups is 1. The minimum atomic E-state index is -4.07. The Kier molecular flexibility index (Phi) is 9.92. The molecule has 3 rings (SSSR count). The molecule has 1 amide bonds. The summed E-state index contributed by atoms with van der Waals surface area (Å²) in [6.07, 6.45) is 0. The fraction of sp³-hybridized carbons (Fsp3) is 0.269. The standard InChI is InChI=1S/C26H29ClN2O5S2/c1-19-4-10-22(11-5-19)29(36(31,32)23-12-13-24(33-2)25(16-23)34-3)17-26(30)28-14-15-35-18-20-6-8-21(27)9-7-20/h4-13,16H,14-15,17-18H2,1-3H3,(H,28,30). The molecule has 0 atom stereocenters. The largest absolute Gasteiger partial charge is 0.493 e. The third kappa shape index (κ3) is 7.32. The van der Waals surface area contributed by atoms with E-state index < -0.39 is 15.9 Å². The van der Waals surface area contributed by atoms with Crippen LogP contribution in [0.1, 0.15) is 11.1 Å². The van der Waals surface area contributed by atoms with Gasteiger partial charge in [0, 0.05) is 29.1 Å². The maximum absolute atomic E-state index is 13.6. The van der Waals surface area contributed by atoms with Crippen LogP contribution >= 0.6 is 23.4 Å². The number of hydrogen-bond donors (Lipinski definition) is 1. The molecule has 0 aliphatic heterocycles. The number of methoxy groups -OCH3 is 2. The number of halogens is 1. The average Bonchev–Trinajstić information content (AvgIpc) is 2.88. The van der Waals surface area contributed by atoms with Crippen LogP contribution in [-0.2, 0) is 20.6 Å². The highest BCUT2D eigenvalue weighted by molar-refractivity contribution is 7.98. The Labute approximate surface area is 221 Å². The van der Waals surface area contributed by atoms with E-state index >= 15 is 0 Å². The summed E-state index contributed by atoms with van der Waals surface area (Å²) in [5.41, 5.74) is 2.51. The van der Waals surface area contributed by atoms with E-state index in [0.29, 0.717) is 28.8 Å². The van der Waals surface area contributed by atoms with Crippen LogP contribution in [0.5, 0.6) is 11.5 Å². The molecular formula is C26H29ClN2O5S2. The maximum Gasteiger partial charge on any atom is 0.264 e. The average molecular weight is 549 g/mol. The molecule has 3 aromatic carbocycles. The van der Waals surface area contributed by atoms with Crippen molar-refractivity contribution < 1.29 is 22.7 Å². The number of carbonyl (C=O) groups excluding carboxylic acids is 1. The molecule has 0 bridgehead atoms. The quantitative estimate of drug-likeness (QED) is 0.324. The lowest BCUT2D eigenvalue weighted by Crippen LogP contribution is -2.41. The first-order valence-corrected chi connectivity index (χ1v) is 14.1. The summed E-state index contributed by atoms with van der Waals surface area (Å²) in [4.78, 5) is 12.8. The van der Waals surface area contributed by atoms with Gasteiger partial charge in [0.05, 0.1) is 24.8 Å². The Morgan fingerprint density at radius 1 is 0.972 bits per heavy atom. The van der Waals surface area contributed by atoms with Gasteiger partial charge in [0.15, 0.2) is 11.5 Å². The van der Waals surface area contributed by atoms with Gasteiger partial charge in [-0.1, -0.05) is 41.4 Å². The van der Waals surface area contributed by atoms with Crippen molar-refractivity contribution in [3.05, 3.63) is 82.9 Å². The molecule has 7 nitrogen and oxygen atoms in total. The van der Waals surface area contributed by atoms with Gasteiger partial charge in [0.1, 0.15) is 6.54 Å². The van der Waals surface area contributed by atoms with Crippen LogP contribution in [0.25, 0.3) is 0 Å². The van der Waals surface area contributed by atoms with Crippen molar-refractivity contribution in [1.29, 1.82) is 0 Å². The zero-order chi connectivity index (χ0) is 26.1. The molecule has 0 spiro atoms. The molecule has 0 heterocycles. The molecule has 0 aromatic heterocycles. The van der Waals surface area contributed by atoms with Crippen LogP contribution < -0.4 is 19.1 Å². The summed E-state index contributed by atoms with van der Waals surface area (Å²) < 4.78 is 38.8. The number of amides is 1. The van der Waals surface area contributed by atoms with Gasteiger partial charge in [0.2, 0.25) is 5.91 Å². The number of hydrogen-bond acceptors (Lipinski definition) is 6. The smallest absolute Gasteiger partial charge is 0.264 e. The van der Waals surface area contributed by atoms with E-state index in [9.17, 15) is 13.2 Å². The first-order chi connectivity index (χ1) is 17.2. The van der Waals surface area contributed by atoms with Gasteiger partial charge in [0.25, 0.3) is 10.0 Å². The van der Waals surface area contributed by atoms with Gasteiger partial charge in [-0.3, -0.25) is 9.10 Å². The van der Waals surface area contributed by atoms with Crippen molar-refractivity contribution in [2.75, 3.05) is 37.4 Å². The summed E-state index contributed by atoms with van der Waals surface area (Å²) >= 11 is 7.58. The molecule has 0 saturated carbocycles. The van der Waals surface area contributed by atoms with Crippen molar-refractivity contribution in [3.63, 3.8) is 0 Å². The lowest BCUT2D eigenvalue weighted by molar-refractivity contribution is -0.119. The minimum absolute atomic E-state index is 0.00737. The highest BCUT2D eigenvalue weighted by Crippen LogP contribution is 2.32. The fourth-order valence-corrected chi connectivity index (χ4v) is 5.73. The summed E-state index contributed by atoms with van der Waals surface area (Å²) in [6, 6.07) is 18.9. The van der Waals surface area contributed by atoms with E-state index in [2.05, 4.69) is 5.32 Å². The molecule has 0 aliphatic carbocycles. The Morgan fingerprint density at radius 2 is 1.64 bits per heavy atom. The predicted molar refractivity (Wildman–Crippen MR) is 146 cm³/mol. The Hall–Kier alpha value is -2.88. The zero-order valence-electron chi connectivity index (χ0n) is 20.4. The molecule has 36 heavy (non-hydrogen) atoms. The van der Waals surface area contributed by atoms with Crippen LogP contribution in [0.2, 0.25) is 5.02 Å². The van der Waals surface area contributed by atoms with Crippen LogP contribution in [0.15, 0.2) is 71.6 Å². The molecule has 0 fully saturated rings. The number of carbonyl (C=O) groups is 1. The van der Waals surface area contributed by atoms with Gasteiger partial charge >= 0.3 is 0 Å². The van der Waals surface area contributed by atoms with Crippen molar-refractivity contribution in [1.82, 2.24) is 5.32 Å². The molecular weight excluding hydrogens is 520 g/mol. The first-order valence-electron chi connectivity index (χ1n) is 11.1. The predicted octanol–water partition coefficient (Wildman–Crippen LogP) is 4.91. The number of nitrogens with one attached hydrogen (secondary N) is 1. The summed E-state index contributed by atoms with van der Waals surface area (Å²) in [7, 11) is -1.16. The van der Waals surface area contributed by atoms with E-state index in [4.69, 9.17) is 21.1 Å². The van der Waals surface area contributed by atoms with Crippen molar-refractivity contribution in [3.8, 4) is 11.5 Å². The highest BCUT2D eigenvalue weighted by atomic mass is 35.5. The molecule has 3 aromatic rings. The number of nitrogens with zero attached hydrogens (tertiary/aromatic N) is 1. The van der Waals surface area contributed by atoms with Crippen molar-refractivity contribution in [2.24, 2.45) is 0 Å². The monoisotopic (exact) mass is 548 g/mol.